The largest absolute Gasteiger partial charge is 0.316 e. The molecule has 4 rings (SSSR count). The normalized spacial score (nSPS) is 17.8. The standard InChI is InChI=1S/C22H16N2O4/c25-21(16-7-3-1-4-8-16)20-19(15-11-13-18(14-12-15)24(27)28)23(20)22(26)17-9-5-2-6-10-17/h1-14,19-20H. The van der Waals surface area contributed by atoms with E-state index in [2.05, 4.69) is 0 Å². The summed E-state index contributed by atoms with van der Waals surface area (Å²) in [5.41, 5.74) is 1.70. The first-order valence-electron chi connectivity index (χ1n) is 8.79. The minimum absolute atomic E-state index is 0.0312. The van der Waals surface area contributed by atoms with E-state index < -0.39 is 17.0 Å². The topological polar surface area (TPSA) is 80.3 Å². The molecule has 0 bridgehead atoms. The molecule has 3 aromatic carbocycles. The molecule has 1 heterocycles. The third-order valence-electron chi connectivity index (χ3n) is 4.84. The SMILES string of the molecule is O=C(c1ccccc1)C1C(c2ccc([N+](=O)[O-])cc2)N1C(=O)c1ccccc1. The first kappa shape index (κ1) is 17.6. The Bertz CT molecular complexity index is 976. The number of nitrogens with zero attached hydrogens (tertiary/aromatic N) is 2. The molecule has 6 nitrogen and oxygen atoms in total. The highest BCUT2D eigenvalue weighted by molar-refractivity contribution is 6.08. The van der Waals surface area contributed by atoms with Crippen LogP contribution in [-0.2, 0) is 0 Å². The van der Waals surface area contributed by atoms with Gasteiger partial charge in [0.1, 0.15) is 6.04 Å². The van der Waals surface area contributed by atoms with Crippen LogP contribution in [0.2, 0.25) is 0 Å². The number of nitro benzene ring substituents is 1. The lowest BCUT2D eigenvalue weighted by molar-refractivity contribution is -0.384. The predicted molar refractivity (Wildman–Crippen MR) is 103 cm³/mol. The van der Waals surface area contributed by atoms with Crippen LogP contribution in [0.15, 0.2) is 84.9 Å². The van der Waals surface area contributed by atoms with Gasteiger partial charge in [-0.25, -0.2) is 0 Å². The van der Waals surface area contributed by atoms with Crippen LogP contribution >= 0.6 is 0 Å². The Balaban J connectivity index is 1.68. The fourth-order valence-corrected chi connectivity index (χ4v) is 3.39. The number of benzene rings is 3. The van der Waals surface area contributed by atoms with Crippen molar-refractivity contribution in [1.29, 1.82) is 0 Å². The second-order valence-corrected chi connectivity index (χ2v) is 6.55. The highest BCUT2D eigenvalue weighted by Gasteiger charge is 2.56. The molecule has 1 aliphatic rings. The molecule has 2 atom stereocenters. The third kappa shape index (κ3) is 3.16. The van der Waals surface area contributed by atoms with Crippen molar-refractivity contribution in [1.82, 2.24) is 4.90 Å². The van der Waals surface area contributed by atoms with Gasteiger partial charge in [-0.05, 0) is 17.7 Å². The van der Waals surface area contributed by atoms with Gasteiger partial charge in [-0.3, -0.25) is 19.7 Å². The Morgan fingerprint density at radius 1 is 0.786 bits per heavy atom. The monoisotopic (exact) mass is 372 g/mol. The number of amides is 1. The van der Waals surface area contributed by atoms with Crippen molar-refractivity contribution in [2.24, 2.45) is 0 Å². The number of carbonyl (C=O) groups excluding carboxylic acids is 2. The van der Waals surface area contributed by atoms with Gasteiger partial charge in [-0.2, -0.15) is 0 Å². The number of carbonyl (C=O) groups is 2. The van der Waals surface area contributed by atoms with Crippen molar-refractivity contribution < 1.29 is 14.5 Å². The van der Waals surface area contributed by atoms with Crippen molar-refractivity contribution in [3.8, 4) is 0 Å². The summed E-state index contributed by atoms with van der Waals surface area (Å²) in [6.07, 6.45) is 0. The Hall–Kier alpha value is -3.80. The fourth-order valence-electron chi connectivity index (χ4n) is 3.39. The van der Waals surface area contributed by atoms with Crippen molar-refractivity contribution in [3.63, 3.8) is 0 Å². The second kappa shape index (κ2) is 7.08. The summed E-state index contributed by atoms with van der Waals surface area (Å²) < 4.78 is 0. The number of non-ortho nitro benzene ring substituents is 1. The quantitative estimate of drug-likeness (QED) is 0.293. The molecule has 0 spiro atoms. The number of Topliss-reactive ketones (excluding diaryl/α,β-unsaturated/α-hetero) is 1. The maximum atomic E-state index is 13.0. The molecule has 3 aromatic rings. The van der Waals surface area contributed by atoms with E-state index in [1.54, 1.807) is 60.7 Å². The van der Waals surface area contributed by atoms with Crippen LogP contribution < -0.4 is 0 Å². The first-order valence-corrected chi connectivity index (χ1v) is 8.79. The molecule has 1 aliphatic heterocycles. The summed E-state index contributed by atoms with van der Waals surface area (Å²) in [6, 6.07) is 22.5. The molecule has 0 radical (unpaired) electrons. The van der Waals surface area contributed by atoms with Crippen LogP contribution in [0.5, 0.6) is 0 Å². The fraction of sp³-hybridized carbons (Fsp3) is 0.0909. The van der Waals surface area contributed by atoms with Gasteiger partial charge in [0.15, 0.2) is 5.78 Å². The third-order valence-corrected chi connectivity index (χ3v) is 4.84. The number of rotatable bonds is 5. The van der Waals surface area contributed by atoms with Crippen molar-refractivity contribution in [2.75, 3.05) is 0 Å². The molecule has 2 unspecified atom stereocenters. The van der Waals surface area contributed by atoms with Gasteiger partial charge in [0.05, 0.1) is 11.0 Å². The number of hydrogen-bond donors (Lipinski definition) is 0. The minimum atomic E-state index is -0.628. The average molecular weight is 372 g/mol. The molecule has 0 N–H and O–H groups in total. The Morgan fingerprint density at radius 2 is 1.32 bits per heavy atom. The maximum Gasteiger partial charge on any atom is 0.269 e. The van der Waals surface area contributed by atoms with Crippen LogP contribution in [0, 0.1) is 10.1 Å². The molecular weight excluding hydrogens is 356 g/mol. The van der Waals surface area contributed by atoms with E-state index in [0.717, 1.165) is 0 Å². The summed E-state index contributed by atoms with van der Waals surface area (Å²) >= 11 is 0. The summed E-state index contributed by atoms with van der Waals surface area (Å²) in [6.45, 7) is 0. The lowest BCUT2D eigenvalue weighted by Crippen LogP contribution is -2.19. The van der Waals surface area contributed by atoms with Crippen molar-refractivity contribution in [3.05, 3.63) is 112 Å². The van der Waals surface area contributed by atoms with E-state index in [1.165, 1.54) is 17.0 Å². The molecule has 138 valence electrons. The second-order valence-electron chi connectivity index (χ2n) is 6.55. The minimum Gasteiger partial charge on any atom is -0.316 e. The molecule has 1 amide bonds. The van der Waals surface area contributed by atoms with Crippen LogP contribution in [0.3, 0.4) is 0 Å². The zero-order valence-electron chi connectivity index (χ0n) is 14.8. The van der Waals surface area contributed by atoms with E-state index in [-0.39, 0.29) is 17.4 Å². The summed E-state index contributed by atoms with van der Waals surface area (Å²) in [5, 5.41) is 10.9. The Kier molecular flexibility index (Phi) is 4.45. The molecular formula is C22H16N2O4. The molecule has 0 saturated carbocycles. The molecule has 0 aliphatic carbocycles. The highest BCUT2D eigenvalue weighted by Crippen LogP contribution is 2.46. The smallest absolute Gasteiger partial charge is 0.269 e. The number of ketones is 1. The Labute approximate surface area is 161 Å². The van der Waals surface area contributed by atoms with Gasteiger partial charge in [0.25, 0.3) is 11.6 Å². The number of nitro groups is 1. The summed E-state index contributed by atoms with van der Waals surface area (Å²) in [7, 11) is 0. The van der Waals surface area contributed by atoms with E-state index in [9.17, 15) is 19.7 Å². The van der Waals surface area contributed by atoms with Crippen molar-refractivity contribution >= 4 is 17.4 Å². The van der Waals surface area contributed by atoms with E-state index >= 15 is 0 Å². The van der Waals surface area contributed by atoms with Crippen molar-refractivity contribution in [2.45, 2.75) is 12.1 Å². The van der Waals surface area contributed by atoms with Gasteiger partial charge < -0.3 is 4.90 Å². The highest BCUT2D eigenvalue weighted by atomic mass is 16.6. The van der Waals surface area contributed by atoms with Crippen LogP contribution in [0.25, 0.3) is 0 Å². The van der Waals surface area contributed by atoms with Gasteiger partial charge in [0, 0.05) is 23.3 Å². The van der Waals surface area contributed by atoms with Gasteiger partial charge in [0.2, 0.25) is 0 Å². The average Bonchev–Trinajstić information content (AvgIpc) is 3.49. The molecule has 0 aromatic heterocycles. The molecule has 1 fully saturated rings. The molecule has 28 heavy (non-hydrogen) atoms. The molecule has 6 heteroatoms. The Morgan fingerprint density at radius 3 is 1.86 bits per heavy atom. The predicted octanol–water partition coefficient (Wildman–Crippen LogP) is 4.04. The summed E-state index contributed by atoms with van der Waals surface area (Å²) in [4.78, 5) is 37.9. The zero-order valence-corrected chi connectivity index (χ0v) is 14.8. The van der Waals surface area contributed by atoms with E-state index in [0.29, 0.717) is 16.7 Å². The number of hydrogen-bond acceptors (Lipinski definition) is 4. The van der Waals surface area contributed by atoms with Crippen LogP contribution in [-0.4, -0.2) is 27.6 Å². The van der Waals surface area contributed by atoms with Crippen LogP contribution in [0.4, 0.5) is 5.69 Å². The first-order chi connectivity index (χ1) is 13.6. The zero-order chi connectivity index (χ0) is 19.7. The summed E-state index contributed by atoms with van der Waals surface area (Å²) in [5.74, 6) is -0.383. The van der Waals surface area contributed by atoms with E-state index in [1.807, 2.05) is 12.1 Å². The lowest BCUT2D eigenvalue weighted by atomic mass is 10.0. The lowest BCUT2D eigenvalue weighted by Gasteiger charge is -2.05. The van der Waals surface area contributed by atoms with Gasteiger partial charge in [-0.15, -0.1) is 0 Å². The van der Waals surface area contributed by atoms with E-state index in [4.69, 9.17) is 0 Å². The van der Waals surface area contributed by atoms with Gasteiger partial charge >= 0.3 is 0 Å². The molecule has 1 saturated heterocycles. The van der Waals surface area contributed by atoms with Gasteiger partial charge in [-0.1, -0.05) is 60.7 Å². The maximum absolute atomic E-state index is 13.0. The van der Waals surface area contributed by atoms with Crippen LogP contribution in [0.1, 0.15) is 32.3 Å².